The van der Waals surface area contributed by atoms with Gasteiger partial charge in [0.15, 0.2) is 5.13 Å². The van der Waals surface area contributed by atoms with Gasteiger partial charge >= 0.3 is 0 Å². The summed E-state index contributed by atoms with van der Waals surface area (Å²) in [7, 11) is 0. The maximum Gasteiger partial charge on any atom is 0.240 e. The van der Waals surface area contributed by atoms with Crippen LogP contribution in [0.25, 0.3) is 10.6 Å². The van der Waals surface area contributed by atoms with E-state index in [0.717, 1.165) is 10.6 Å². The molecular formula is C13H17N3OS2. The average Bonchev–Trinajstić information content (AvgIpc) is 2.94. The molecule has 6 heteroatoms. The van der Waals surface area contributed by atoms with Gasteiger partial charge in [-0.2, -0.15) is 0 Å². The highest BCUT2D eigenvalue weighted by atomic mass is 32.1. The Bertz CT molecular complexity index is 540. The molecule has 4 nitrogen and oxygen atoms in total. The molecule has 0 aliphatic heterocycles. The summed E-state index contributed by atoms with van der Waals surface area (Å²) >= 11 is 3.09. The van der Waals surface area contributed by atoms with Crippen molar-refractivity contribution in [1.82, 2.24) is 10.3 Å². The molecule has 0 aliphatic rings. The summed E-state index contributed by atoms with van der Waals surface area (Å²) in [4.78, 5) is 17.3. The van der Waals surface area contributed by atoms with Crippen LogP contribution in [0.3, 0.4) is 0 Å². The second-order valence-electron chi connectivity index (χ2n) is 5.17. The van der Waals surface area contributed by atoms with Crippen molar-refractivity contribution in [3.8, 4) is 10.6 Å². The third kappa shape index (κ3) is 4.41. The van der Waals surface area contributed by atoms with Gasteiger partial charge in [0, 0.05) is 10.9 Å². The summed E-state index contributed by atoms with van der Waals surface area (Å²) in [5, 5.41) is 10.6. The number of hydrogen-bond acceptors (Lipinski definition) is 5. The van der Waals surface area contributed by atoms with Crippen LogP contribution in [0, 0.1) is 0 Å². The highest BCUT2D eigenvalue weighted by Gasteiger charge is 2.13. The second-order valence-corrected chi connectivity index (χ2v) is 6.97. The van der Waals surface area contributed by atoms with Crippen molar-refractivity contribution in [3.63, 3.8) is 0 Å². The van der Waals surface area contributed by atoms with Gasteiger partial charge in [-0.05, 0) is 32.2 Å². The first-order valence-corrected chi connectivity index (χ1v) is 7.74. The molecule has 1 amide bonds. The van der Waals surface area contributed by atoms with Crippen molar-refractivity contribution in [2.75, 3.05) is 11.9 Å². The van der Waals surface area contributed by atoms with Gasteiger partial charge in [-0.25, -0.2) is 4.98 Å². The zero-order chi connectivity index (χ0) is 13.9. The fourth-order valence-electron chi connectivity index (χ4n) is 1.38. The first kappa shape index (κ1) is 14.2. The second kappa shape index (κ2) is 5.81. The Labute approximate surface area is 120 Å². The molecule has 0 spiro atoms. The first-order valence-electron chi connectivity index (χ1n) is 5.98. The molecule has 0 radical (unpaired) electrons. The number of thiophene rings is 1. The fourth-order valence-corrected chi connectivity index (χ4v) is 2.87. The van der Waals surface area contributed by atoms with Crippen LogP contribution in [0.4, 0.5) is 5.13 Å². The van der Waals surface area contributed by atoms with E-state index in [4.69, 9.17) is 0 Å². The molecule has 2 heterocycles. The monoisotopic (exact) mass is 295 g/mol. The van der Waals surface area contributed by atoms with Crippen molar-refractivity contribution in [1.29, 1.82) is 0 Å². The summed E-state index contributed by atoms with van der Waals surface area (Å²) in [6.07, 6.45) is 0. The summed E-state index contributed by atoms with van der Waals surface area (Å²) in [5.41, 5.74) is 0.849. The lowest BCUT2D eigenvalue weighted by Crippen LogP contribution is -2.41. The van der Waals surface area contributed by atoms with Crippen LogP contribution < -0.4 is 10.6 Å². The highest BCUT2D eigenvalue weighted by Crippen LogP contribution is 2.28. The molecule has 0 saturated heterocycles. The molecule has 2 aromatic rings. The minimum Gasteiger partial charge on any atom is -0.304 e. The number of aromatic nitrogens is 1. The SMILES string of the molecule is CC(C)(C)NCC(=O)Nc1nc(-c2cccs2)cs1. The number of hydrogen-bond donors (Lipinski definition) is 2. The molecule has 0 aromatic carbocycles. The molecule has 0 aliphatic carbocycles. The van der Waals surface area contributed by atoms with Crippen LogP contribution in [0.1, 0.15) is 20.8 Å². The third-order valence-corrected chi connectivity index (χ3v) is 3.95. The van der Waals surface area contributed by atoms with Gasteiger partial charge in [-0.1, -0.05) is 6.07 Å². The van der Waals surface area contributed by atoms with Crippen molar-refractivity contribution < 1.29 is 4.79 Å². The van der Waals surface area contributed by atoms with Crippen LogP contribution in [0.15, 0.2) is 22.9 Å². The van der Waals surface area contributed by atoms with Gasteiger partial charge in [0.25, 0.3) is 0 Å². The van der Waals surface area contributed by atoms with E-state index in [2.05, 4.69) is 15.6 Å². The topological polar surface area (TPSA) is 54.0 Å². The molecule has 102 valence electrons. The van der Waals surface area contributed by atoms with E-state index in [1.54, 1.807) is 11.3 Å². The van der Waals surface area contributed by atoms with Crippen LogP contribution in [-0.2, 0) is 4.79 Å². The minimum atomic E-state index is -0.0676. The predicted octanol–water partition coefficient (Wildman–Crippen LogP) is 3.20. The van der Waals surface area contributed by atoms with Crippen molar-refractivity contribution in [2.24, 2.45) is 0 Å². The van der Waals surface area contributed by atoms with Gasteiger partial charge < -0.3 is 10.6 Å². The van der Waals surface area contributed by atoms with E-state index in [1.807, 2.05) is 43.7 Å². The standard InChI is InChI=1S/C13H17N3OS2/c1-13(2,3)14-7-11(17)16-12-15-9(8-19-12)10-5-4-6-18-10/h4-6,8,14H,7H2,1-3H3,(H,15,16,17). The number of rotatable bonds is 4. The average molecular weight is 295 g/mol. The first-order chi connectivity index (χ1) is 8.94. The number of carbonyl (C=O) groups is 1. The molecule has 0 fully saturated rings. The van der Waals surface area contributed by atoms with Gasteiger partial charge in [0.2, 0.25) is 5.91 Å². The summed E-state index contributed by atoms with van der Waals surface area (Å²) in [5.74, 6) is -0.0676. The van der Waals surface area contributed by atoms with E-state index in [0.29, 0.717) is 5.13 Å². The summed E-state index contributed by atoms with van der Waals surface area (Å²) < 4.78 is 0. The van der Waals surface area contributed by atoms with E-state index >= 15 is 0 Å². The Morgan fingerprint density at radius 1 is 1.37 bits per heavy atom. The van der Waals surface area contributed by atoms with Crippen molar-refractivity contribution >= 4 is 33.7 Å². The highest BCUT2D eigenvalue weighted by molar-refractivity contribution is 7.16. The smallest absolute Gasteiger partial charge is 0.240 e. The maximum absolute atomic E-state index is 11.8. The van der Waals surface area contributed by atoms with Crippen molar-refractivity contribution in [2.45, 2.75) is 26.3 Å². The minimum absolute atomic E-state index is 0.0671. The normalized spacial score (nSPS) is 11.5. The Morgan fingerprint density at radius 2 is 2.16 bits per heavy atom. The molecule has 2 N–H and O–H groups in total. The summed E-state index contributed by atoms with van der Waals surface area (Å²) in [6, 6.07) is 4.01. The number of amides is 1. The molecule has 0 saturated carbocycles. The Morgan fingerprint density at radius 3 is 2.79 bits per heavy atom. The molecule has 19 heavy (non-hydrogen) atoms. The lowest BCUT2D eigenvalue weighted by Gasteiger charge is -2.19. The van der Waals surface area contributed by atoms with Crippen LogP contribution in [0.5, 0.6) is 0 Å². The van der Waals surface area contributed by atoms with Crippen molar-refractivity contribution in [3.05, 3.63) is 22.9 Å². The zero-order valence-electron chi connectivity index (χ0n) is 11.2. The van der Waals surface area contributed by atoms with Crippen LogP contribution in [-0.4, -0.2) is 23.0 Å². The molecule has 0 bridgehead atoms. The van der Waals surface area contributed by atoms with E-state index in [-0.39, 0.29) is 18.0 Å². The molecular weight excluding hydrogens is 278 g/mol. The number of thiazole rings is 1. The molecule has 2 aromatic heterocycles. The van der Waals surface area contributed by atoms with Crippen LogP contribution >= 0.6 is 22.7 Å². The lowest BCUT2D eigenvalue weighted by atomic mass is 10.1. The largest absolute Gasteiger partial charge is 0.304 e. The number of nitrogens with one attached hydrogen (secondary N) is 2. The number of carbonyl (C=O) groups excluding carboxylic acids is 1. The van der Waals surface area contributed by atoms with Crippen LogP contribution in [0.2, 0.25) is 0 Å². The van der Waals surface area contributed by atoms with E-state index < -0.39 is 0 Å². The molecule has 0 unspecified atom stereocenters. The quantitative estimate of drug-likeness (QED) is 0.910. The van der Waals surface area contributed by atoms with Gasteiger partial charge in [-0.15, -0.1) is 22.7 Å². The third-order valence-electron chi connectivity index (χ3n) is 2.30. The fraction of sp³-hybridized carbons (Fsp3) is 0.385. The number of anilines is 1. The van der Waals surface area contributed by atoms with E-state index in [9.17, 15) is 4.79 Å². The van der Waals surface area contributed by atoms with Gasteiger partial charge in [-0.3, -0.25) is 4.79 Å². The maximum atomic E-state index is 11.8. The molecule has 2 rings (SSSR count). The Balaban J connectivity index is 1.91. The predicted molar refractivity (Wildman–Crippen MR) is 81.8 cm³/mol. The Kier molecular flexibility index (Phi) is 4.34. The Hall–Kier alpha value is -1.24. The lowest BCUT2D eigenvalue weighted by molar-refractivity contribution is -0.115. The number of nitrogens with zero attached hydrogens (tertiary/aromatic N) is 1. The summed E-state index contributed by atoms with van der Waals surface area (Å²) in [6.45, 7) is 6.37. The van der Waals surface area contributed by atoms with E-state index in [1.165, 1.54) is 11.3 Å². The van der Waals surface area contributed by atoms with Gasteiger partial charge in [0.05, 0.1) is 17.1 Å². The molecule has 0 atom stereocenters. The van der Waals surface area contributed by atoms with Gasteiger partial charge in [0.1, 0.15) is 0 Å². The zero-order valence-corrected chi connectivity index (χ0v) is 12.8.